The zero-order valence-corrected chi connectivity index (χ0v) is 8.87. The van der Waals surface area contributed by atoms with Gasteiger partial charge in [-0.05, 0) is 13.8 Å². The van der Waals surface area contributed by atoms with E-state index in [1.165, 1.54) is 16.9 Å². The minimum absolute atomic E-state index is 0.370. The van der Waals surface area contributed by atoms with E-state index in [0.717, 1.165) is 11.3 Å². The number of aromatic nitrogens is 3. The topological polar surface area (TPSA) is 30.2 Å². The molecular formula is C10H14FN3. The summed E-state index contributed by atoms with van der Waals surface area (Å²) in [6, 6.07) is 0. The number of aryl methyl sites for hydroxylation is 2. The van der Waals surface area contributed by atoms with Crippen LogP contribution < -0.4 is 0 Å². The first kappa shape index (κ1) is 10.6. The Morgan fingerprint density at radius 3 is 2.57 bits per heavy atom. The lowest BCUT2D eigenvalue weighted by Gasteiger charge is -1.91. The fraction of sp³-hybridized carbons (Fsp3) is 0.400. The summed E-state index contributed by atoms with van der Waals surface area (Å²) in [7, 11) is 0. The Morgan fingerprint density at radius 1 is 1.29 bits per heavy atom. The first-order valence-corrected chi connectivity index (χ1v) is 4.65. The highest BCUT2D eigenvalue weighted by molar-refractivity contribution is 5.48. The third-order valence-electron chi connectivity index (χ3n) is 1.91. The van der Waals surface area contributed by atoms with Crippen molar-refractivity contribution in [1.29, 1.82) is 0 Å². The fourth-order valence-electron chi connectivity index (χ4n) is 1.14. The summed E-state index contributed by atoms with van der Waals surface area (Å²) in [4.78, 5) is 3.93. The minimum atomic E-state index is -0.370. The monoisotopic (exact) mass is 195 g/mol. The van der Waals surface area contributed by atoms with Crippen LogP contribution in [0.3, 0.4) is 0 Å². The van der Waals surface area contributed by atoms with Crippen LogP contribution in [0.1, 0.15) is 25.1 Å². The predicted octanol–water partition coefficient (Wildman–Crippen LogP) is 2.51. The van der Waals surface area contributed by atoms with Gasteiger partial charge in [0.15, 0.2) is 11.5 Å². The molecule has 0 spiro atoms. The third-order valence-corrected chi connectivity index (χ3v) is 1.91. The number of hydrogen-bond acceptors (Lipinski definition) is 2. The zero-order valence-electron chi connectivity index (χ0n) is 8.87. The first-order chi connectivity index (χ1) is 6.68. The van der Waals surface area contributed by atoms with E-state index in [2.05, 4.69) is 10.1 Å². The molecule has 2 heterocycles. The molecule has 0 saturated carbocycles. The number of halogens is 1. The summed E-state index contributed by atoms with van der Waals surface area (Å²) in [6.07, 6.45) is 2.52. The normalized spacial score (nSPS) is 9.79. The lowest BCUT2D eigenvalue weighted by Crippen LogP contribution is -1.91. The van der Waals surface area contributed by atoms with Gasteiger partial charge in [0.25, 0.3) is 0 Å². The Balaban J connectivity index is 0.000000461. The van der Waals surface area contributed by atoms with Gasteiger partial charge in [-0.25, -0.2) is 13.9 Å². The standard InChI is InChI=1S/C8H8FN3.C2H6/c1-5-6(2)11-12-4-7(9)3-10-8(5)12;1-2/h3-4H,1-2H3;1-2H3. The summed E-state index contributed by atoms with van der Waals surface area (Å²) in [5.41, 5.74) is 2.59. The molecule has 0 bridgehead atoms. The Kier molecular flexibility index (Phi) is 3.17. The van der Waals surface area contributed by atoms with E-state index in [1.54, 1.807) is 0 Å². The van der Waals surface area contributed by atoms with E-state index < -0.39 is 0 Å². The van der Waals surface area contributed by atoms with Crippen LogP contribution in [0.5, 0.6) is 0 Å². The molecule has 76 valence electrons. The van der Waals surface area contributed by atoms with E-state index >= 15 is 0 Å². The highest BCUT2D eigenvalue weighted by Crippen LogP contribution is 2.10. The Morgan fingerprint density at radius 2 is 1.93 bits per heavy atom. The summed E-state index contributed by atoms with van der Waals surface area (Å²) in [5.74, 6) is -0.370. The van der Waals surface area contributed by atoms with E-state index in [9.17, 15) is 4.39 Å². The maximum absolute atomic E-state index is 12.7. The van der Waals surface area contributed by atoms with Crippen molar-refractivity contribution in [2.75, 3.05) is 0 Å². The van der Waals surface area contributed by atoms with Crippen LogP contribution in [0.15, 0.2) is 12.4 Å². The van der Waals surface area contributed by atoms with Crippen molar-refractivity contribution in [3.8, 4) is 0 Å². The number of nitrogens with zero attached hydrogens (tertiary/aromatic N) is 3. The van der Waals surface area contributed by atoms with Crippen LogP contribution in [0.2, 0.25) is 0 Å². The maximum Gasteiger partial charge on any atom is 0.159 e. The highest BCUT2D eigenvalue weighted by Gasteiger charge is 2.05. The van der Waals surface area contributed by atoms with E-state index in [0.29, 0.717) is 5.65 Å². The zero-order chi connectivity index (χ0) is 10.7. The molecule has 0 saturated heterocycles. The number of hydrogen-bond donors (Lipinski definition) is 0. The summed E-state index contributed by atoms with van der Waals surface area (Å²) >= 11 is 0. The van der Waals surface area contributed by atoms with Crippen LogP contribution in [0.4, 0.5) is 4.39 Å². The Hall–Kier alpha value is -1.45. The van der Waals surface area contributed by atoms with Gasteiger partial charge in [0.1, 0.15) is 0 Å². The molecule has 0 fully saturated rings. The van der Waals surface area contributed by atoms with Gasteiger partial charge in [-0.2, -0.15) is 5.10 Å². The molecule has 0 aliphatic heterocycles. The average Bonchev–Trinajstić information content (AvgIpc) is 2.45. The summed E-state index contributed by atoms with van der Waals surface area (Å²) in [5, 5.41) is 4.09. The van der Waals surface area contributed by atoms with Gasteiger partial charge in [0.2, 0.25) is 0 Å². The van der Waals surface area contributed by atoms with E-state index in [4.69, 9.17) is 0 Å². The molecule has 0 aromatic carbocycles. The second-order valence-corrected chi connectivity index (χ2v) is 2.75. The molecule has 0 aliphatic carbocycles. The SMILES string of the molecule is CC.Cc1nn2cc(F)cnc2c1C. The second kappa shape index (κ2) is 4.17. The molecule has 2 aromatic heterocycles. The molecule has 0 atom stereocenters. The van der Waals surface area contributed by atoms with Crippen molar-refractivity contribution in [2.45, 2.75) is 27.7 Å². The van der Waals surface area contributed by atoms with Crippen LogP contribution in [0, 0.1) is 19.7 Å². The smallest absolute Gasteiger partial charge is 0.159 e. The van der Waals surface area contributed by atoms with Crippen molar-refractivity contribution in [1.82, 2.24) is 14.6 Å². The lowest BCUT2D eigenvalue weighted by molar-refractivity contribution is 0.606. The molecular weight excluding hydrogens is 181 g/mol. The molecule has 2 rings (SSSR count). The van der Waals surface area contributed by atoms with Crippen molar-refractivity contribution in [3.05, 3.63) is 29.5 Å². The molecule has 14 heavy (non-hydrogen) atoms. The Bertz CT molecular complexity index is 434. The molecule has 0 unspecified atom stereocenters. The van der Waals surface area contributed by atoms with Gasteiger partial charge in [-0.3, -0.25) is 0 Å². The van der Waals surface area contributed by atoms with Crippen LogP contribution >= 0.6 is 0 Å². The maximum atomic E-state index is 12.7. The molecule has 2 aromatic rings. The summed E-state index contributed by atoms with van der Waals surface area (Å²) in [6.45, 7) is 7.80. The fourth-order valence-corrected chi connectivity index (χ4v) is 1.14. The molecule has 0 aliphatic rings. The lowest BCUT2D eigenvalue weighted by atomic mass is 10.3. The van der Waals surface area contributed by atoms with Crippen molar-refractivity contribution in [2.24, 2.45) is 0 Å². The van der Waals surface area contributed by atoms with Crippen molar-refractivity contribution < 1.29 is 4.39 Å². The second-order valence-electron chi connectivity index (χ2n) is 2.75. The van der Waals surface area contributed by atoms with Gasteiger partial charge in [0, 0.05) is 5.56 Å². The molecule has 3 nitrogen and oxygen atoms in total. The average molecular weight is 195 g/mol. The largest absolute Gasteiger partial charge is 0.234 e. The molecule has 0 amide bonds. The van der Waals surface area contributed by atoms with E-state index in [-0.39, 0.29) is 5.82 Å². The molecule has 4 heteroatoms. The number of fused-ring (bicyclic) bond motifs is 1. The van der Waals surface area contributed by atoms with Gasteiger partial charge in [-0.1, -0.05) is 13.8 Å². The number of rotatable bonds is 0. The summed E-state index contributed by atoms with van der Waals surface area (Å²) < 4.78 is 14.1. The van der Waals surface area contributed by atoms with Crippen molar-refractivity contribution >= 4 is 5.65 Å². The molecule has 0 radical (unpaired) electrons. The minimum Gasteiger partial charge on any atom is -0.234 e. The Labute approximate surface area is 82.6 Å². The molecule has 0 N–H and O–H groups in total. The van der Waals surface area contributed by atoms with E-state index in [1.807, 2.05) is 27.7 Å². The first-order valence-electron chi connectivity index (χ1n) is 4.65. The van der Waals surface area contributed by atoms with Gasteiger partial charge < -0.3 is 0 Å². The third kappa shape index (κ3) is 1.73. The predicted molar refractivity (Wildman–Crippen MR) is 53.8 cm³/mol. The van der Waals surface area contributed by atoms with Gasteiger partial charge in [0.05, 0.1) is 18.1 Å². The van der Waals surface area contributed by atoms with Gasteiger partial charge >= 0.3 is 0 Å². The van der Waals surface area contributed by atoms with Crippen LogP contribution in [-0.2, 0) is 0 Å². The van der Waals surface area contributed by atoms with Crippen LogP contribution in [-0.4, -0.2) is 14.6 Å². The van der Waals surface area contributed by atoms with Gasteiger partial charge in [-0.15, -0.1) is 0 Å². The van der Waals surface area contributed by atoms with Crippen molar-refractivity contribution in [3.63, 3.8) is 0 Å². The quantitative estimate of drug-likeness (QED) is 0.646. The highest BCUT2D eigenvalue weighted by atomic mass is 19.1. The van der Waals surface area contributed by atoms with Crippen LogP contribution in [0.25, 0.3) is 5.65 Å².